The van der Waals surface area contributed by atoms with Gasteiger partial charge in [0.2, 0.25) is 0 Å². The molecule has 1 aliphatic rings. The minimum atomic E-state index is 0. The van der Waals surface area contributed by atoms with Gasteiger partial charge in [0.15, 0.2) is 0 Å². The zero-order valence-corrected chi connectivity index (χ0v) is 12.1. The van der Waals surface area contributed by atoms with Gasteiger partial charge in [0.1, 0.15) is 0 Å². The fraction of sp³-hybridized carbons (Fsp3) is 0.636. The summed E-state index contributed by atoms with van der Waals surface area (Å²) in [6, 6.07) is 0. The minimum Gasteiger partial charge on any atom is -0.269 e. The first-order valence-corrected chi connectivity index (χ1v) is 4.35. The minimum absolute atomic E-state index is 0. The van der Waals surface area contributed by atoms with E-state index in [1.165, 1.54) is 17.6 Å². The Morgan fingerprint density at radius 3 is 2.25 bits per heavy atom. The van der Waals surface area contributed by atoms with Gasteiger partial charge in [-0.05, 0) is 5.41 Å². The molecule has 0 unspecified atom stereocenters. The third-order valence-electron chi connectivity index (χ3n) is 2.12. The molecular weight excluding hydrogens is 311 g/mol. The summed E-state index contributed by atoms with van der Waals surface area (Å²) in [6.45, 7) is 8.93. The average Bonchev–Trinajstić information content (AvgIpc) is 2.32. The fourth-order valence-corrected chi connectivity index (χ4v) is 1.22. The Labute approximate surface area is 94.9 Å². The third-order valence-corrected chi connectivity index (χ3v) is 2.12. The topological polar surface area (TPSA) is 0 Å². The number of rotatable bonds is 1. The van der Waals surface area contributed by atoms with E-state index >= 15 is 0 Å². The van der Waals surface area contributed by atoms with E-state index in [4.69, 9.17) is 0 Å². The summed E-state index contributed by atoms with van der Waals surface area (Å²) in [5.41, 5.74) is 3.20. The van der Waals surface area contributed by atoms with Crippen LogP contribution in [0, 0.1) is 11.5 Å². The molecule has 0 heterocycles. The Hall–Kier alpha value is 0.350. The molecule has 0 aromatic carbocycles. The average molecular weight is 328 g/mol. The molecule has 0 aromatic rings. The monoisotopic (exact) mass is 329 g/mol. The SMILES string of the molecule is CCC1=CC(C(C)(C)C)=[C-]C1.[Hf]. The zero-order chi connectivity index (χ0) is 8.48. The summed E-state index contributed by atoms with van der Waals surface area (Å²) in [4.78, 5) is 0. The van der Waals surface area contributed by atoms with Gasteiger partial charge < -0.3 is 0 Å². The van der Waals surface area contributed by atoms with Crippen LogP contribution in [0.4, 0.5) is 0 Å². The molecule has 0 N–H and O–H groups in total. The smallest absolute Gasteiger partial charge is 0 e. The Bertz CT molecular complexity index is 204. The molecule has 0 aliphatic heterocycles. The van der Waals surface area contributed by atoms with Crippen LogP contribution in [-0.4, -0.2) is 0 Å². The van der Waals surface area contributed by atoms with Crippen molar-refractivity contribution < 1.29 is 25.8 Å². The molecule has 66 valence electrons. The molecule has 1 heteroatoms. The van der Waals surface area contributed by atoms with Crippen molar-refractivity contribution in [1.82, 2.24) is 0 Å². The molecule has 0 atom stereocenters. The van der Waals surface area contributed by atoms with Gasteiger partial charge in [0.05, 0.1) is 0 Å². The van der Waals surface area contributed by atoms with Crippen molar-refractivity contribution in [3.63, 3.8) is 0 Å². The van der Waals surface area contributed by atoms with Crippen LogP contribution in [0.5, 0.6) is 0 Å². The maximum atomic E-state index is 3.42. The summed E-state index contributed by atoms with van der Waals surface area (Å²) >= 11 is 0. The quantitative estimate of drug-likeness (QED) is 0.511. The van der Waals surface area contributed by atoms with E-state index < -0.39 is 0 Å². The molecule has 0 nitrogen and oxygen atoms in total. The first kappa shape index (κ1) is 12.4. The van der Waals surface area contributed by atoms with Gasteiger partial charge in [-0.1, -0.05) is 34.1 Å². The maximum Gasteiger partial charge on any atom is 0 e. The first-order chi connectivity index (χ1) is 5.04. The molecule has 0 saturated heterocycles. The van der Waals surface area contributed by atoms with Crippen LogP contribution in [0.15, 0.2) is 17.2 Å². The van der Waals surface area contributed by atoms with Gasteiger partial charge in [0.25, 0.3) is 0 Å². The Kier molecular flexibility index (Phi) is 4.68. The molecule has 0 saturated carbocycles. The van der Waals surface area contributed by atoms with Crippen LogP contribution < -0.4 is 0 Å². The van der Waals surface area contributed by atoms with Crippen molar-refractivity contribution in [2.24, 2.45) is 5.41 Å². The van der Waals surface area contributed by atoms with Crippen LogP contribution in [0.2, 0.25) is 0 Å². The van der Waals surface area contributed by atoms with Crippen molar-refractivity contribution in [2.75, 3.05) is 0 Å². The Morgan fingerprint density at radius 1 is 1.42 bits per heavy atom. The van der Waals surface area contributed by atoms with Gasteiger partial charge >= 0.3 is 0 Å². The summed E-state index contributed by atoms with van der Waals surface area (Å²) in [7, 11) is 0. The molecular formula is C11H17Hf-. The summed E-state index contributed by atoms with van der Waals surface area (Å²) < 4.78 is 0. The van der Waals surface area contributed by atoms with E-state index in [-0.39, 0.29) is 31.3 Å². The summed E-state index contributed by atoms with van der Waals surface area (Å²) in [5.74, 6) is 0. The second kappa shape index (κ2) is 4.55. The Morgan fingerprint density at radius 2 is 2.00 bits per heavy atom. The maximum absolute atomic E-state index is 3.42. The van der Waals surface area contributed by atoms with Crippen LogP contribution in [-0.2, 0) is 25.8 Å². The molecule has 0 aromatic heterocycles. The van der Waals surface area contributed by atoms with Crippen LogP contribution in [0.1, 0.15) is 40.5 Å². The summed E-state index contributed by atoms with van der Waals surface area (Å²) in [5, 5.41) is 0. The molecule has 0 fully saturated rings. The van der Waals surface area contributed by atoms with Gasteiger partial charge in [-0.25, -0.2) is 11.6 Å². The molecule has 1 aliphatic carbocycles. The molecule has 0 amide bonds. The van der Waals surface area contributed by atoms with Crippen molar-refractivity contribution in [3.05, 3.63) is 23.3 Å². The largest absolute Gasteiger partial charge is 0.269 e. The normalized spacial score (nSPS) is 16.7. The summed E-state index contributed by atoms with van der Waals surface area (Å²) in [6.07, 6.45) is 7.96. The van der Waals surface area contributed by atoms with Crippen LogP contribution >= 0.6 is 0 Å². The molecule has 0 radical (unpaired) electrons. The van der Waals surface area contributed by atoms with E-state index in [0.29, 0.717) is 0 Å². The zero-order valence-electron chi connectivity index (χ0n) is 8.49. The van der Waals surface area contributed by atoms with Crippen LogP contribution in [0.25, 0.3) is 0 Å². The Balaban J connectivity index is 0.00000121. The first-order valence-electron chi connectivity index (χ1n) is 4.35. The van der Waals surface area contributed by atoms with Gasteiger partial charge in [-0.15, -0.1) is 6.42 Å². The number of hydrogen-bond acceptors (Lipinski definition) is 0. The van der Waals surface area contributed by atoms with E-state index in [1.807, 2.05) is 0 Å². The van der Waals surface area contributed by atoms with E-state index in [0.717, 1.165) is 6.42 Å². The fourth-order valence-electron chi connectivity index (χ4n) is 1.22. The predicted octanol–water partition coefficient (Wildman–Crippen LogP) is 3.50. The molecule has 1 rings (SSSR count). The van der Waals surface area contributed by atoms with Crippen molar-refractivity contribution in [2.45, 2.75) is 40.5 Å². The van der Waals surface area contributed by atoms with Gasteiger partial charge in [-0.2, -0.15) is 5.57 Å². The molecule has 0 spiro atoms. The molecule has 0 bridgehead atoms. The van der Waals surface area contributed by atoms with Crippen molar-refractivity contribution in [3.8, 4) is 0 Å². The van der Waals surface area contributed by atoms with E-state index in [9.17, 15) is 0 Å². The number of allylic oxidation sites excluding steroid dienone is 4. The van der Waals surface area contributed by atoms with Crippen LogP contribution in [0.3, 0.4) is 0 Å². The second-order valence-electron chi connectivity index (χ2n) is 4.17. The van der Waals surface area contributed by atoms with Gasteiger partial charge in [-0.3, -0.25) is 6.08 Å². The van der Waals surface area contributed by atoms with E-state index in [1.54, 1.807) is 0 Å². The second-order valence-corrected chi connectivity index (χ2v) is 4.17. The third kappa shape index (κ3) is 3.01. The standard InChI is InChI=1S/C11H17.Hf/c1-5-9-6-7-10(8-9)11(2,3)4;/h8H,5-6H2,1-4H3;/q-1;. The van der Waals surface area contributed by atoms with E-state index in [2.05, 4.69) is 39.8 Å². The number of hydrogen-bond donors (Lipinski definition) is 0. The van der Waals surface area contributed by atoms with Gasteiger partial charge in [0, 0.05) is 25.8 Å². The van der Waals surface area contributed by atoms with Crippen molar-refractivity contribution in [1.29, 1.82) is 0 Å². The van der Waals surface area contributed by atoms with Crippen molar-refractivity contribution >= 4 is 0 Å². The predicted molar refractivity (Wildman–Crippen MR) is 49.2 cm³/mol. The molecule has 12 heavy (non-hydrogen) atoms.